The highest BCUT2D eigenvalue weighted by atomic mass is 35.5. The number of hydrogen-bond acceptors (Lipinski definition) is 6. The van der Waals surface area contributed by atoms with E-state index in [1.165, 1.54) is 23.7 Å². The third kappa shape index (κ3) is 3.33. The predicted octanol–water partition coefficient (Wildman–Crippen LogP) is 3.09. The molecule has 0 aromatic carbocycles. The van der Waals surface area contributed by atoms with E-state index >= 15 is 0 Å². The van der Waals surface area contributed by atoms with Gasteiger partial charge < -0.3 is 10.2 Å². The van der Waals surface area contributed by atoms with E-state index in [-0.39, 0.29) is 30.4 Å². The molecule has 118 valence electrons. The zero-order valence-electron chi connectivity index (χ0n) is 12.1. The molecule has 1 spiro atoms. The smallest absolute Gasteiger partial charge is 0.168 e. The zero-order valence-corrected chi connectivity index (χ0v) is 15.4. The van der Waals surface area contributed by atoms with Crippen molar-refractivity contribution >= 4 is 58.7 Å². The number of rotatable bonds is 2. The number of amidine groups is 2. The summed E-state index contributed by atoms with van der Waals surface area (Å²) in [4.78, 5) is 11.7. The van der Waals surface area contributed by atoms with Gasteiger partial charge >= 0.3 is 0 Å². The van der Waals surface area contributed by atoms with Crippen LogP contribution in [0.25, 0.3) is 0 Å². The summed E-state index contributed by atoms with van der Waals surface area (Å²) in [7, 11) is 0. The van der Waals surface area contributed by atoms with E-state index in [4.69, 9.17) is 4.99 Å². The van der Waals surface area contributed by atoms with Crippen molar-refractivity contribution in [1.82, 2.24) is 10.2 Å². The Balaban J connectivity index is 0.000000807. The van der Waals surface area contributed by atoms with Crippen LogP contribution in [0.2, 0.25) is 0 Å². The van der Waals surface area contributed by atoms with E-state index < -0.39 is 0 Å². The highest BCUT2D eigenvalue weighted by Gasteiger charge is 2.46. The van der Waals surface area contributed by atoms with Crippen LogP contribution in [0.5, 0.6) is 0 Å². The summed E-state index contributed by atoms with van der Waals surface area (Å²) in [5.41, 5.74) is 1.80. The van der Waals surface area contributed by atoms with Gasteiger partial charge in [0, 0.05) is 18.0 Å². The quantitative estimate of drug-likeness (QED) is 0.814. The number of aliphatic imine (C=N–C) groups is 2. The summed E-state index contributed by atoms with van der Waals surface area (Å²) in [6, 6.07) is 0. The largest absolute Gasteiger partial charge is 0.358 e. The van der Waals surface area contributed by atoms with Crippen molar-refractivity contribution in [1.29, 1.82) is 0 Å². The summed E-state index contributed by atoms with van der Waals surface area (Å²) in [6.45, 7) is 6.38. The maximum absolute atomic E-state index is 4.74. The van der Waals surface area contributed by atoms with Gasteiger partial charge in [0.2, 0.25) is 0 Å². The van der Waals surface area contributed by atoms with Crippen LogP contribution in [0.1, 0.15) is 26.7 Å². The van der Waals surface area contributed by atoms with Crippen LogP contribution in [0.4, 0.5) is 0 Å². The Hall–Kier alpha value is -0.0400. The molecule has 0 unspecified atom stereocenters. The minimum absolute atomic E-state index is 0. The second-order valence-electron chi connectivity index (χ2n) is 6.34. The van der Waals surface area contributed by atoms with Gasteiger partial charge in [0.1, 0.15) is 0 Å². The van der Waals surface area contributed by atoms with Gasteiger partial charge in [-0.3, -0.25) is 9.98 Å². The second kappa shape index (κ2) is 5.87. The fourth-order valence-corrected chi connectivity index (χ4v) is 4.74. The number of fused-ring (bicyclic) bond motifs is 1. The summed E-state index contributed by atoms with van der Waals surface area (Å²) >= 11 is 3.59. The molecule has 0 amide bonds. The monoisotopic (exact) mass is 366 g/mol. The average Bonchev–Trinajstić information content (AvgIpc) is 2.66. The van der Waals surface area contributed by atoms with Crippen LogP contribution in [0.3, 0.4) is 0 Å². The third-order valence-electron chi connectivity index (χ3n) is 3.93. The lowest BCUT2D eigenvalue weighted by Crippen LogP contribution is -2.32. The molecule has 21 heavy (non-hydrogen) atoms. The van der Waals surface area contributed by atoms with Crippen molar-refractivity contribution < 1.29 is 0 Å². The molecule has 0 aromatic rings. The van der Waals surface area contributed by atoms with Crippen LogP contribution in [0.15, 0.2) is 21.1 Å². The van der Waals surface area contributed by atoms with Crippen molar-refractivity contribution in [2.24, 2.45) is 9.98 Å². The first-order chi connectivity index (χ1) is 9.05. The van der Waals surface area contributed by atoms with E-state index in [0.29, 0.717) is 5.54 Å². The first-order valence-corrected chi connectivity index (χ1v) is 8.60. The molecule has 0 bridgehead atoms. The molecule has 1 fully saturated rings. The topological polar surface area (TPSA) is 40.0 Å². The molecular formula is C13H20Cl2N4S2. The van der Waals surface area contributed by atoms with Crippen LogP contribution in [0, 0.1) is 0 Å². The molecule has 4 nitrogen and oxygen atoms in total. The molecule has 0 saturated heterocycles. The van der Waals surface area contributed by atoms with E-state index in [9.17, 15) is 0 Å². The molecule has 4 rings (SSSR count). The van der Waals surface area contributed by atoms with Crippen molar-refractivity contribution in [2.45, 2.75) is 37.8 Å². The second-order valence-corrected chi connectivity index (χ2v) is 8.14. The Kier molecular flexibility index (Phi) is 4.84. The van der Waals surface area contributed by atoms with E-state index in [2.05, 4.69) is 34.5 Å². The Morgan fingerprint density at radius 1 is 1.38 bits per heavy atom. The number of nitrogens with one attached hydrogen (secondary N) is 1. The molecule has 8 heteroatoms. The van der Waals surface area contributed by atoms with Gasteiger partial charge in [-0.15, -0.1) is 24.8 Å². The molecule has 3 aliphatic heterocycles. The third-order valence-corrected chi connectivity index (χ3v) is 5.79. The van der Waals surface area contributed by atoms with E-state index in [1.807, 2.05) is 11.8 Å². The van der Waals surface area contributed by atoms with Crippen molar-refractivity contribution in [3.05, 3.63) is 11.1 Å². The van der Waals surface area contributed by atoms with E-state index in [0.717, 1.165) is 24.0 Å². The van der Waals surface area contributed by atoms with Gasteiger partial charge in [0.05, 0.1) is 17.6 Å². The molecule has 4 aliphatic rings. The lowest BCUT2D eigenvalue weighted by atomic mass is 10.1. The van der Waals surface area contributed by atoms with Gasteiger partial charge in [-0.1, -0.05) is 23.5 Å². The minimum Gasteiger partial charge on any atom is -0.358 e. The predicted molar refractivity (Wildman–Crippen MR) is 98.3 cm³/mol. The number of thioether (sulfide) groups is 2. The molecule has 1 N–H and O–H groups in total. The Morgan fingerprint density at radius 3 is 2.81 bits per heavy atom. The summed E-state index contributed by atoms with van der Waals surface area (Å²) in [5, 5.41) is 8.11. The lowest BCUT2D eigenvalue weighted by Gasteiger charge is -2.20. The first-order valence-electron chi connectivity index (χ1n) is 6.74. The van der Waals surface area contributed by atoms with Crippen molar-refractivity contribution in [3.63, 3.8) is 0 Å². The van der Waals surface area contributed by atoms with Crippen LogP contribution in [-0.2, 0) is 0 Å². The summed E-state index contributed by atoms with van der Waals surface area (Å²) in [6.07, 6.45) is 2.58. The summed E-state index contributed by atoms with van der Waals surface area (Å²) < 4.78 is 0. The molecule has 1 saturated carbocycles. The minimum atomic E-state index is 0. The van der Waals surface area contributed by atoms with Crippen molar-refractivity contribution in [3.8, 4) is 0 Å². The fraction of sp³-hybridized carbons (Fsp3) is 0.692. The number of halogens is 2. The molecule has 0 aromatic heterocycles. The van der Waals surface area contributed by atoms with Gasteiger partial charge in [-0.25, -0.2) is 0 Å². The molecular weight excluding hydrogens is 347 g/mol. The molecule has 1 aliphatic carbocycles. The maximum Gasteiger partial charge on any atom is 0.168 e. The maximum atomic E-state index is 4.74. The number of hydrogen-bond donors (Lipinski definition) is 1. The Labute approximate surface area is 146 Å². The number of nitrogens with zero attached hydrogens (tertiary/aromatic N) is 3. The average molecular weight is 367 g/mol. The van der Waals surface area contributed by atoms with Gasteiger partial charge in [-0.2, -0.15) is 0 Å². The molecule has 3 heterocycles. The highest BCUT2D eigenvalue weighted by Crippen LogP contribution is 2.40. The lowest BCUT2D eigenvalue weighted by molar-refractivity contribution is 0.436. The highest BCUT2D eigenvalue weighted by molar-refractivity contribution is 8.17. The normalized spacial score (nSPS) is 26.2. The standard InChI is InChI=1S/C13H18N4S2.2ClH/c1-12(2)8-17-9(6-19-11(17)16-12)5-18-10-14-7-13(15-10)3-4-13;;/h6H,3-5,7-8H2,1-2H3,(H,14,15);2*1H. The summed E-state index contributed by atoms with van der Waals surface area (Å²) in [5.74, 6) is 0.990. The van der Waals surface area contributed by atoms with Crippen molar-refractivity contribution in [2.75, 3.05) is 18.8 Å². The molecule has 0 radical (unpaired) electrons. The van der Waals surface area contributed by atoms with E-state index in [1.54, 1.807) is 11.8 Å². The van der Waals surface area contributed by atoms with Gasteiger partial charge in [-0.05, 0) is 32.1 Å². The Bertz CT molecular complexity index is 526. The van der Waals surface area contributed by atoms with Gasteiger partial charge in [0.25, 0.3) is 0 Å². The van der Waals surface area contributed by atoms with Gasteiger partial charge in [0.15, 0.2) is 10.3 Å². The zero-order chi connectivity index (χ0) is 13.1. The SMILES string of the molecule is CC1(C)CN2C(CSC3=NCC4(CC4)N3)=CSC2=N1.Cl.Cl. The Morgan fingerprint density at radius 2 is 2.14 bits per heavy atom. The fourth-order valence-electron chi connectivity index (χ4n) is 2.61. The van der Waals surface area contributed by atoms with Crippen LogP contribution < -0.4 is 5.32 Å². The first kappa shape index (κ1) is 17.3. The molecule has 0 atom stereocenters. The van der Waals surface area contributed by atoms with Crippen LogP contribution >= 0.6 is 48.3 Å². The van der Waals surface area contributed by atoms with Crippen LogP contribution in [-0.4, -0.2) is 45.2 Å².